The highest BCUT2D eigenvalue weighted by Gasteiger charge is 2.52. The molecule has 0 unspecified atom stereocenters. The first-order valence-corrected chi connectivity index (χ1v) is 10.9. The van der Waals surface area contributed by atoms with Gasteiger partial charge in [0, 0.05) is 11.7 Å². The van der Waals surface area contributed by atoms with Gasteiger partial charge < -0.3 is 9.31 Å². The molecule has 0 aliphatic carbocycles. The fourth-order valence-electron chi connectivity index (χ4n) is 2.28. The van der Waals surface area contributed by atoms with Crippen LogP contribution in [0.4, 0.5) is 5.69 Å². The highest BCUT2D eigenvalue weighted by atomic mass is 32.3. The lowest BCUT2D eigenvalue weighted by molar-refractivity contribution is 0.00578. The lowest BCUT2D eigenvalue weighted by Gasteiger charge is -2.32. The highest BCUT2D eigenvalue weighted by molar-refractivity contribution is 8.09. The van der Waals surface area contributed by atoms with Crippen molar-refractivity contribution in [1.82, 2.24) is 4.98 Å². The van der Waals surface area contributed by atoms with Crippen LogP contribution in [-0.4, -0.2) is 52.7 Å². The summed E-state index contributed by atoms with van der Waals surface area (Å²) in [5, 5.41) is 0. The molecule has 0 aromatic carbocycles. The van der Waals surface area contributed by atoms with Crippen LogP contribution in [0.2, 0.25) is 0 Å². The molecule has 1 aromatic heterocycles. The Kier molecular flexibility index (Phi) is 4.54. The molecule has 134 valence electrons. The molecule has 24 heavy (non-hydrogen) atoms. The van der Waals surface area contributed by atoms with Crippen LogP contribution in [0.3, 0.4) is 0 Å². The first kappa shape index (κ1) is 19.2. The number of pyridine rings is 1. The molecule has 0 saturated carbocycles. The molecular formula is C13H21BN2O6S2. The summed E-state index contributed by atoms with van der Waals surface area (Å²) in [6.07, 6.45) is 4.25. The van der Waals surface area contributed by atoms with Crippen LogP contribution in [0.25, 0.3) is 0 Å². The zero-order valence-corrected chi connectivity index (χ0v) is 16.1. The van der Waals surface area contributed by atoms with Gasteiger partial charge >= 0.3 is 7.12 Å². The smallest absolute Gasteiger partial charge is 0.399 e. The molecule has 0 bridgehead atoms. The van der Waals surface area contributed by atoms with Crippen LogP contribution in [0.15, 0.2) is 18.5 Å². The molecule has 0 radical (unpaired) electrons. The summed E-state index contributed by atoms with van der Waals surface area (Å²) in [7, 11) is -8.85. The SMILES string of the molecule is CC1(C)OB(c2cncc(N(S(C)(=O)=O)S(C)(=O)=O)c2)OC1(C)C. The van der Waals surface area contributed by atoms with Gasteiger partial charge in [0.25, 0.3) is 0 Å². The maximum atomic E-state index is 11.9. The second kappa shape index (κ2) is 5.68. The first-order chi connectivity index (χ1) is 10.7. The standard InChI is InChI=1S/C13H21BN2O6S2/c1-12(2)13(3,4)22-14(21-12)10-7-11(9-15-8-10)16(23(5,17)18)24(6,19)20/h7-9H,1-6H3. The van der Waals surface area contributed by atoms with E-state index >= 15 is 0 Å². The lowest BCUT2D eigenvalue weighted by atomic mass is 9.80. The molecule has 1 aliphatic heterocycles. The zero-order valence-electron chi connectivity index (χ0n) is 14.5. The predicted molar refractivity (Wildman–Crippen MR) is 92.1 cm³/mol. The van der Waals surface area contributed by atoms with Crippen molar-refractivity contribution in [2.75, 3.05) is 16.2 Å². The van der Waals surface area contributed by atoms with E-state index in [1.54, 1.807) is 0 Å². The van der Waals surface area contributed by atoms with E-state index in [0.717, 1.165) is 18.7 Å². The van der Waals surface area contributed by atoms with Crippen LogP contribution in [0, 0.1) is 0 Å². The molecule has 0 atom stereocenters. The topological polar surface area (TPSA) is 103 Å². The van der Waals surface area contributed by atoms with Crippen molar-refractivity contribution < 1.29 is 26.1 Å². The fraction of sp³-hybridized carbons (Fsp3) is 0.615. The minimum Gasteiger partial charge on any atom is -0.399 e. The van der Waals surface area contributed by atoms with Crippen molar-refractivity contribution in [1.29, 1.82) is 0 Å². The number of rotatable bonds is 4. The fourth-order valence-corrected chi connectivity index (χ4v) is 5.21. The van der Waals surface area contributed by atoms with Crippen LogP contribution in [0.1, 0.15) is 27.7 Å². The number of aromatic nitrogens is 1. The van der Waals surface area contributed by atoms with E-state index in [2.05, 4.69) is 4.98 Å². The van der Waals surface area contributed by atoms with E-state index in [4.69, 9.17) is 9.31 Å². The van der Waals surface area contributed by atoms with E-state index in [-0.39, 0.29) is 5.69 Å². The van der Waals surface area contributed by atoms with Gasteiger partial charge in [-0.15, -0.1) is 0 Å². The number of hydrogen-bond acceptors (Lipinski definition) is 7. The van der Waals surface area contributed by atoms with Crippen molar-refractivity contribution in [2.45, 2.75) is 38.9 Å². The predicted octanol–water partition coefficient (Wildman–Crippen LogP) is 0.106. The maximum absolute atomic E-state index is 11.9. The molecule has 2 heterocycles. The average Bonchev–Trinajstić information content (AvgIpc) is 2.55. The van der Waals surface area contributed by atoms with Crippen molar-refractivity contribution in [3.8, 4) is 0 Å². The lowest BCUT2D eigenvalue weighted by Crippen LogP contribution is -2.41. The van der Waals surface area contributed by atoms with Crippen LogP contribution >= 0.6 is 0 Å². The summed E-state index contributed by atoms with van der Waals surface area (Å²) in [4.78, 5) is 3.94. The second-order valence-electron chi connectivity index (χ2n) is 6.79. The van der Waals surface area contributed by atoms with E-state index in [1.807, 2.05) is 27.7 Å². The van der Waals surface area contributed by atoms with Crippen molar-refractivity contribution in [3.05, 3.63) is 18.5 Å². The van der Waals surface area contributed by atoms with Crippen molar-refractivity contribution in [3.63, 3.8) is 0 Å². The highest BCUT2D eigenvalue weighted by Crippen LogP contribution is 2.36. The second-order valence-corrected chi connectivity index (χ2v) is 10.7. The molecule has 0 N–H and O–H groups in total. The Balaban J connectivity index is 2.47. The summed E-state index contributed by atoms with van der Waals surface area (Å²) < 4.78 is 59.6. The van der Waals surface area contributed by atoms with Gasteiger partial charge in [-0.2, -0.15) is 3.71 Å². The van der Waals surface area contributed by atoms with E-state index < -0.39 is 38.4 Å². The molecule has 1 aromatic rings. The van der Waals surface area contributed by atoms with Gasteiger partial charge in [-0.1, -0.05) is 0 Å². The van der Waals surface area contributed by atoms with Gasteiger partial charge in [-0.25, -0.2) is 16.8 Å². The van der Waals surface area contributed by atoms with Crippen molar-refractivity contribution in [2.24, 2.45) is 0 Å². The Bertz CT molecular complexity index is 803. The molecule has 8 nitrogen and oxygen atoms in total. The summed E-state index contributed by atoms with van der Waals surface area (Å²) in [5.74, 6) is 0. The Labute approximate surface area is 143 Å². The molecule has 0 amide bonds. The quantitative estimate of drug-likeness (QED) is 0.687. The summed E-state index contributed by atoms with van der Waals surface area (Å²) >= 11 is 0. The zero-order chi connectivity index (χ0) is 18.6. The first-order valence-electron chi connectivity index (χ1n) is 7.16. The van der Waals surface area contributed by atoms with Crippen LogP contribution in [0.5, 0.6) is 0 Å². The summed E-state index contributed by atoms with van der Waals surface area (Å²) in [6.45, 7) is 7.51. The Morgan fingerprint density at radius 2 is 1.42 bits per heavy atom. The van der Waals surface area contributed by atoms with Gasteiger partial charge in [-0.05, 0) is 33.8 Å². The van der Waals surface area contributed by atoms with Gasteiger partial charge in [0.2, 0.25) is 20.0 Å². The normalized spacial score (nSPS) is 20.2. The van der Waals surface area contributed by atoms with Crippen molar-refractivity contribution >= 4 is 38.3 Å². The molecule has 11 heteroatoms. The minimum atomic E-state index is -4.04. The van der Waals surface area contributed by atoms with Gasteiger partial charge in [0.15, 0.2) is 0 Å². The average molecular weight is 376 g/mol. The minimum absolute atomic E-state index is 0.0905. The molecule has 1 fully saturated rings. The largest absolute Gasteiger partial charge is 0.496 e. The Hall–Kier alpha value is -1.17. The van der Waals surface area contributed by atoms with E-state index in [0.29, 0.717) is 9.17 Å². The van der Waals surface area contributed by atoms with Gasteiger partial charge in [0.05, 0.1) is 35.6 Å². The number of nitrogens with zero attached hydrogens (tertiary/aromatic N) is 2. The number of anilines is 1. The van der Waals surface area contributed by atoms with E-state index in [9.17, 15) is 16.8 Å². The molecule has 1 saturated heterocycles. The molecular weight excluding hydrogens is 355 g/mol. The Morgan fingerprint density at radius 3 is 1.83 bits per heavy atom. The van der Waals surface area contributed by atoms with Gasteiger partial charge in [-0.3, -0.25) is 4.98 Å². The van der Waals surface area contributed by atoms with E-state index in [1.165, 1.54) is 12.3 Å². The third kappa shape index (κ3) is 3.58. The number of hydrogen-bond donors (Lipinski definition) is 0. The summed E-state index contributed by atoms with van der Waals surface area (Å²) in [6, 6.07) is 1.39. The molecule has 0 spiro atoms. The van der Waals surface area contributed by atoms with Crippen LogP contribution in [-0.2, 0) is 29.4 Å². The number of sulfonamides is 2. The third-order valence-electron chi connectivity index (χ3n) is 4.08. The van der Waals surface area contributed by atoms with Crippen LogP contribution < -0.4 is 9.17 Å². The van der Waals surface area contributed by atoms with Gasteiger partial charge in [0.1, 0.15) is 0 Å². The maximum Gasteiger partial charge on any atom is 0.496 e. The Morgan fingerprint density at radius 1 is 0.958 bits per heavy atom. The molecule has 2 rings (SSSR count). The molecule has 1 aliphatic rings. The summed E-state index contributed by atoms with van der Waals surface area (Å²) in [5.41, 5.74) is -0.821. The third-order valence-corrected chi connectivity index (χ3v) is 7.33. The monoisotopic (exact) mass is 376 g/mol.